The Kier molecular flexibility index (Phi) is 6.28. The van der Waals surface area contributed by atoms with E-state index in [1.165, 1.54) is 5.56 Å². The van der Waals surface area contributed by atoms with Crippen molar-refractivity contribution in [3.8, 4) is 0 Å². The average molecular weight is 410 g/mol. The molecule has 5 heteroatoms. The standard InChI is InChI=1S/C21H20BrN3O/c22-20-9-5-4-6-16(20)14-15-23-21(26)25-19-12-10-18(11-13-19)24-17-7-2-1-3-8-17/h1-13,24H,14-15H2,(H2,23,25,26). The predicted octanol–water partition coefficient (Wildman–Crippen LogP) is 5.56. The number of para-hydroxylation sites is 1. The van der Waals surface area contributed by atoms with Crippen molar-refractivity contribution in [2.24, 2.45) is 0 Å². The van der Waals surface area contributed by atoms with E-state index in [0.29, 0.717) is 6.54 Å². The highest BCUT2D eigenvalue weighted by molar-refractivity contribution is 9.10. The van der Waals surface area contributed by atoms with Gasteiger partial charge < -0.3 is 16.0 Å². The van der Waals surface area contributed by atoms with Crippen LogP contribution in [0.25, 0.3) is 0 Å². The summed E-state index contributed by atoms with van der Waals surface area (Å²) in [6, 6.07) is 25.4. The van der Waals surface area contributed by atoms with Gasteiger partial charge >= 0.3 is 6.03 Å². The van der Waals surface area contributed by atoms with Crippen LogP contribution in [0.3, 0.4) is 0 Å². The molecule has 0 heterocycles. The first-order valence-electron chi connectivity index (χ1n) is 8.41. The molecule has 26 heavy (non-hydrogen) atoms. The van der Waals surface area contributed by atoms with Crippen LogP contribution in [0, 0.1) is 0 Å². The molecule has 132 valence electrons. The topological polar surface area (TPSA) is 53.2 Å². The molecular formula is C21H20BrN3O. The molecule has 0 aliphatic carbocycles. The van der Waals surface area contributed by atoms with Gasteiger partial charge in [-0.3, -0.25) is 0 Å². The second-order valence-corrected chi connectivity index (χ2v) is 6.65. The highest BCUT2D eigenvalue weighted by Crippen LogP contribution is 2.19. The molecule has 0 aromatic heterocycles. The van der Waals surface area contributed by atoms with Gasteiger partial charge in [0.1, 0.15) is 0 Å². The molecule has 0 aliphatic rings. The van der Waals surface area contributed by atoms with Gasteiger partial charge in [0.25, 0.3) is 0 Å². The number of nitrogens with one attached hydrogen (secondary N) is 3. The Morgan fingerprint density at radius 1 is 0.769 bits per heavy atom. The molecule has 3 aromatic rings. The highest BCUT2D eigenvalue weighted by atomic mass is 79.9. The van der Waals surface area contributed by atoms with Gasteiger partial charge in [-0.2, -0.15) is 0 Å². The molecule has 4 nitrogen and oxygen atoms in total. The molecule has 0 bridgehead atoms. The van der Waals surface area contributed by atoms with Crippen LogP contribution in [0.5, 0.6) is 0 Å². The zero-order chi connectivity index (χ0) is 18.2. The van der Waals surface area contributed by atoms with Gasteiger partial charge in [0, 0.05) is 28.1 Å². The average Bonchev–Trinajstić information content (AvgIpc) is 2.66. The Hall–Kier alpha value is -2.79. The molecule has 0 aliphatic heterocycles. The first-order valence-corrected chi connectivity index (χ1v) is 9.20. The van der Waals surface area contributed by atoms with Crippen LogP contribution < -0.4 is 16.0 Å². The number of hydrogen-bond acceptors (Lipinski definition) is 2. The Balaban J connectivity index is 1.46. The Labute approximate surface area is 161 Å². The van der Waals surface area contributed by atoms with Gasteiger partial charge in [0.2, 0.25) is 0 Å². The summed E-state index contributed by atoms with van der Waals surface area (Å²) in [7, 11) is 0. The smallest absolute Gasteiger partial charge is 0.319 e. The summed E-state index contributed by atoms with van der Waals surface area (Å²) in [4.78, 5) is 12.0. The van der Waals surface area contributed by atoms with E-state index in [4.69, 9.17) is 0 Å². The van der Waals surface area contributed by atoms with Gasteiger partial charge in [0.05, 0.1) is 0 Å². The zero-order valence-corrected chi connectivity index (χ0v) is 15.8. The fraction of sp³-hybridized carbons (Fsp3) is 0.0952. The number of amides is 2. The summed E-state index contributed by atoms with van der Waals surface area (Å²) < 4.78 is 1.06. The van der Waals surface area contributed by atoms with E-state index < -0.39 is 0 Å². The van der Waals surface area contributed by atoms with E-state index in [9.17, 15) is 4.79 Å². The Morgan fingerprint density at radius 2 is 1.38 bits per heavy atom. The summed E-state index contributed by atoms with van der Waals surface area (Å²) in [5, 5.41) is 9.03. The van der Waals surface area contributed by atoms with Crippen LogP contribution in [0.4, 0.5) is 21.9 Å². The van der Waals surface area contributed by atoms with E-state index in [1.54, 1.807) is 0 Å². The largest absolute Gasteiger partial charge is 0.356 e. The fourth-order valence-electron chi connectivity index (χ4n) is 2.51. The van der Waals surface area contributed by atoms with Gasteiger partial charge in [-0.05, 0) is 54.4 Å². The molecule has 0 spiro atoms. The van der Waals surface area contributed by atoms with Crippen LogP contribution in [-0.2, 0) is 6.42 Å². The van der Waals surface area contributed by atoms with Crippen LogP contribution in [-0.4, -0.2) is 12.6 Å². The zero-order valence-electron chi connectivity index (χ0n) is 14.2. The third-order valence-corrected chi connectivity index (χ3v) is 4.62. The lowest BCUT2D eigenvalue weighted by Crippen LogP contribution is -2.30. The molecule has 0 fully saturated rings. The summed E-state index contributed by atoms with van der Waals surface area (Å²) in [6.07, 6.45) is 0.773. The Bertz CT molecular complexity index is 851. The number of halogens is 1. The minimum Gasteiger partial charge on any atom is -0.356 e. The molecule has 3 N–H and O–H groups in total. The van der Waals surface area contributed by atoms with Crippen molar-refractivity contribution in [3.05, 3.63) is 88.9 Å². The molecule has 3 aromatic carbocycles. The van der Waals surface area contributed by atoms with Gasteiger partial charge in [0.15, 0.2) is 0 Å². The van der Waals surface area contributed by atoms with E-state index in [-0.39, 0.29) is 6.03 Å². The highest BCUT2D eigenvalue weighted by Gasteiger charge is 2.03. The number of benzene rings is 3. The van der Waals surface area contributed by atoms with Crippen molar-refractivity contribution in [1.82, 2.24) is 5.32 Å². The molecule has 0 saturated heterocycles. The second-order valence-electron chi connectivity index (χ2n) is 5.79. The van der Waals surface area contributed by atoms with Crippen molar-refractivity contribution in [1.29, 1.82) is 0 Å². The molecule has 0 unspecified atom stereocenters. The third-order valence-electron chi connectivity index (χ3n) is 3.84. The molecule has 0 radical (unpaired) electrons. The quantitative estimate of drug-likeness (QED) is 0.499. The fourth-order valence-corrected chi connectivity index (χ4v) is 3.00. The summed E-state index contributed by atoms with van der Waals surface area (Å²) in [5.41, 5.74) is 3.92. The molecule has 0 saturated carbocycles. The number of urea groups is 1. The maximum Gasteiger partial charge on any atom is 0.319 e. The first kappa shape index (κ1) is 18.0. The minimum atomic E-state index is -0.208. The van der Waals surface area contributed by atoms with Crippen LogP contribution >= 0.6 is 15.9 Å². The van der Waals surface area contributed by atoms with Crippen molar-refractivity contribution < 1.29 is 4.79 Å². The monoisotopic (exact) mass is 409 g/mol. The first-order chi connectivity index (χ1) is 12.7. The maximum atomic E-state index is 12.0. The van der Waals surface area contributed by atoms with Gasteiger partial charge in [-0.15, -0.1) is 0 Å². The molecule has 2 amide bonds. The van der Waals surface area contributed by atoms with Crippen LogP contribution in [0.1, 0.15) is 5.56 Å². The lowest BCUT2D eigenvalue weighted by molar-refractivity contribution is 0.252. The molecule has 3 rings (SSSR count). The van der Waals surface area contributed by atoms with E-state index in [1.807, 2.05) is 78.9 Å². The maximum absolute atomic E-state index is 12.0. The van der Waals surface area contributed by atoms with Crippen LogP contribution in [0.15, 0.2) is 83.3 Å². The van der Waals surface area contributed by atoms with Gasteiger partial charge in [-0.25, -0.2) is 4.79 Å². The van der Waals surface area contributed by atoms with Crippen molar-refractivity contribution in [2.45, 2.75) is 6.42 Å². The number of carbonyl (C=O) groups is 1. The molecule has 0 atom stereocenters. The summed E-state index contributed by atoms with van der Waals surface area (Å²) >= 11 is 3.51. The summed E-state index contributed by atoms with van der Waals surface area (Å²) in [5.74, 6) is 0. The molecular weight excluding hydrogens is 390 g/mol. The lowest BCUT2D eigenvalue weighted by Gasteiger charge is -2.10. The van der Waals surface area contributed by atoms with E-state index >= 15 is 0 Å². The Morgan fingerprint density at radius 3 is 2.12 bits per heavy atom. The normalized spacial score (nSPS) is 10.2. The predicted molar refractivity (Wildman–Crippen MR) is 111 cm³/mol. The third kappa shape index (κ3) is 5.36. The van der Waals surface area contributed by atoms with Gasteiger partial charge in [-0.1, -0.05) is 52.3 Å². The SMILES string of the molecule is O=C(NCCc1ccccc1Br)Nc1ccc(Nc2ccccc2)cc1. The minimum absolute atomic E-state index is 0.208. The lowest BCUT2D eigenvalue weighted by atomic mass is 10.1. The van der Waals surface area contributed by atoms with E-state index in [0.717, 1.165) is 28.0 Å². The summed E-state index contributed by atoms with van der Waals surface area (Å²) in [6.45, 7) is 0.572. The number of carbonyl (C=O) groups excluding carboxylic acids is 1. The number of rotatable bonds is 6. The van der Waals surface area contributed by atoms with E-state index in [2.05, 4.69) is 31.9 Å². The number of hydrogen-bond donors (Lipinski definition) is 3. The van der Waals surface area contributed by atoms with Crippen molar-refractivity contribution in [3.63, 3.8) is 0 Å². The van der Waals surface area contributed by atoms with Crippen molar-refractivity contribution >= 4 is 39.0 Å². The second kappa shape index (κ2) is 9.06. The van der Waals surface area contributed by atoms with Crippen molar-refractivity contribution in [2.75, 3.05) is 17.2 Å². The number of anilines is 3. The van der Waals surface area contributed by atoms with Crippen LogP contribution in [0.2, 0.25) is 0 Å².